The lowest BCUT2D eigenvalue weighted by molar-refractivity contribution is -0.143. The van der Waals surface area contributed by atoms with Crippen molar-refractivity contribution in [3.05, 3.63) is 52.1 Å². The van der Waals surface area contributed by atoms with Crippen LogP contribution in [0, 0.1) is 12.8 Å². The number of amides is 1. The molecule has 0 aromatic heterocycles. The van der Waals surface area contributed by atoms with E-state index in [0.717, 1.165) is 30.5 Å². The smallest absolute Gasteiger partial charge is 0.306 e. The Morgan fingerprint density at radius 1 is 1.12 bits per heavy atom. The molecule has 4 N–H and O–H groups in total. The number of nitrogens with zero attached hydrogens (tertiary/aromatic N) is 2. The molecule has 40 heavy (non-hydrogen) atoms. The highest BCUT2D eigenvalue weighted by atomic mass is 16.5. The molecule has 2 aromatic carbocycles. The molecular formula is C32H46N4O4. The van der Waals surface area contributed by atoms with Crippen LogP contribution in [-0.4, -0.2) is 44.1 Å². The monoisotopic (exact) mass is 550 g/mol. The first-order chi connectivity index (χ1) is 19.2. The zero-order valence-corrected chi connectivity index (χ0v) is 24.8. The van der Waals surface area contributed by atoms with Gasteiger partial charge in [0.2, 0.25) is 5.91 Å². The lowest BCUT2D eigenvalue weighted by atomic mass is 9.82. The lowest BCUT2D eigenvalue weighted by Crippen LogP contribution is -2.37. The van der Waals surface area contributed by atoms with Crippen molar-refractivity contribution in [2.75, 3.05) is 38.1 Å². The van der Waals surface area contributed by atoms with Gasteiger partial charge in [-0.15, -0.1) is 0 Å². The maximum atomic E-state index is 13.0. The van der Waals surface area contributed by atoms with E-state index in [1.807, 2.05) is 19.1 Å². The SMILES string of the molecule is CCOC(=O)CC(c1cc(N)c(N(C)N)c(OC)c1)c1ccc(C)c2c1CCC2N(CC1CCCCC1)C(C)=O. The first-order valence-corrected chi connectivity index (χ1v) is 14.7. The molecule has 2 unspecified atom stereocenters. The molecule has 2 aliphatic carbocycles. The molecule has 0 spiro atoms. The van der Waals surface area contributed by atoms with Gasteiger partial charge in [-0.25, -0.2) is 5.84 Å². The van der Waals surface area contributed by atoms with Crippen molar-refractivity contribution in [1.82, 2.24) is 4.90 Å². The third-order valence-corrected chi connectivity index (χ3v) is 8.73. The van der Waals surface area contributed by atoms with Crippen LogP contribution < -0.4 is 21.3 Å². The molecule has 0 saturated heterocycles. The molecule has 4 rings (SSSR count). The molecule has 0 bridgehead atoms. The molecule has 0 radical (unpaired) electrons. The Hall–Kier alpha value is -3.26. The Labute approximate surface area is 238 Å². The maximum Gasteiger partial charge on any atom is 0.306 e. The van der Waals surface area contributed by atoms with E-state index in [1.54, 1.807) is 21.1 Å². The Balaban J connectivity index is 1.79. The first kappa shape index (κ1) is 29.7. The summed E-state index contributed by atoms with van der Waals surface area (Å²) in [5.41, 5.74) is 13.1. The third-order valence-electron chi connectivity index (χ3n) is 8.73. The number of aryl methyl sites for hydroxylation is 1. The molecule has 8 nitrogen and oxygen atoms in total. The summed E-state index contributed by atoms with van der Waals surface area (Å²) in [7, 11) is 3.30. The minimum absolute atomic E-state index is 0.0468. The number of fused-ring (bicyclic) bond motifs is 1. The van der Waals surface area contributed by atoms with Crippen LogP contribution in [0.5, 0.6) is 5.75 Å². The van der Waals surface area contributed by atoms with Gasteiger partial charge in [-0.05, 0) is 85.4 Å². The number of carbonyl (C=O) groups excluding carboxylic acids is 2. The number of benzene rings is 2. The fourth-order valence-corrected chi connectivity index (χ4v) is 6.91. The number of ether oxygens (including phenoxy) is 2. The van der Waals surface area contributed by atoms with E-state index in [9.17, 15) is 9.59 Å². The summed E-state index contributed by atoms with van der Waals surface area (Å²) in [6.45, 7) is 6.78. The molecule has 1 amide bonds. The summed E-state index contributed by atoms with van der Waals surface area (Å²) in [4.78, 5) is 28.0. The zero-order valence-electron chi connectivity index (χ0n) is 24.8. The number of nitrogens with two attached hydrogens (primary N) is 2. The summed E-state index contributed by atoms with van der Waals surface area (Å²) >= 11 is 0. The third kappa shape index (κ3) is 6.22. The van der Waals surface area contributed by atoms with Crippen LogP contribution in [0.1, 0.15) is 98.6 Å². The van der Waals surface area contributed by atoms with Crippen LogP contribution in [-0.2, 0) is 20.7 Å². The average Bonchev–Trinajstić information content (AvgIpc) is 3.36. The van der Waals surface area contributed by atoms with E-state index in [4.69, 9.17) is 21.1 Å². The molecule has 1 saturated carbocycles. The summed E-state index contributed by atoms with van der Waals surface area (Å²) < 4.78 is 11.1. The standard InChI is InChI=1S/C32H46N4O4/c1-6-40-30(38)18-26(23-16-27(33)32(35(4)34)29(17-23)39-5)24-13-12-20(2)31-25(24)14-15-28(31)36(21(3)37)19-22-10-8-7-9-11-22/h12-13,16-17,22,26,28H,6-11,14-15,18-19,33-34H2,1-5H3. The quantitative estimate of drug-likeness (QED) is 0.176. The largest absolute Gasteiger partial charge is 0.494 e. The zero-order chi connectivity index (χ0) is 29.0. The molecule has 218 valence electrons. The van der Waals surface area contributed by atoms with Crippen LogP contribution in [0.4, 0.5) is 11.4 Å². The summed E-state index contributed by atoms with van der Waals surface area (Å²) in [6.07, 6.45) is 8.10. The van der Waals surface area contributed by atoms with Gasteiger partial charge in [0.15, 0.2) is 0 Å². The molecule has 2 aromatic rings. The highest BCUT2D eigenvalue weighted by Gasteiger charge is 2.36. The number of hydrogen-bond acceptors (Lipinski definition) is 7. The number of hydrogen-bond donors (Lipinski definition) is 2. The van der Waals surface area contributed by atoms with Crippen molar-refractivity contribution in [2.45, 2.75) is 84.1 Å². The fraction of sp³-hybridized carbons (Fsp3) is 0.562. The normalized spacial score (nSPS) is 17.7. The Morgan fingerprint density at radius 2 is 1.85 bits per heavy atom. The molecule has 2 aliphatic rings. The summed E-state index contributed by atoms with van der Waals surface area (Å²) in [5, 5.41) is 1.44. The predicted octanol–water partition coefficient (Wildman–Crippen LogP) is 5.40. The van der Waals surface area contributed by atoms with Crippen LogP contribution in [0.3, 0.4) is 0 Å². The van der Waals surface area contributed by atoms with Crippen LogP contribution in [0.2, 0.25) is 0 Å². The van der Waals surface area contributed by atoms with E-state index in [-0.39, 0.29) is 30.3 Å². The van der Waals surface area contributed by atoms with E-state index >= 15 is 0 Å². The second-order valence-electron chi connectivity index (χ2n) is 11.4. The highest BCUT2D eigenvalue weighted by Crippen LogP contribution is 2.46. The fourth-order valence-electron chi connectivity index (χ4n) is 6.91. The molecule has 1 fully saturated rings. The van der Waals surface area contributed by atoms with Gasteiger partial charge in [0, 0.05) is 26.4 Å². The Kier molecular flexibility index (Phi) is 9.61. The molecule has 0 heterocycles. The molecule has 0 aliphatic heterocycles. The minimum atomic E-state index is -0.287. The Bertz CT molecular complexity index is 1220. The van der Waals surface area contributed by atoms with E-state index in [0.29, 0.717) is 29.6 Å². The number of hydrazine groups is 1. The molecule has 2 atom stereocenters. The number of anilines is 2. The first-order valence-electron chi connectivity index (χ1n) is 14.7. The van der Waals surface area contributed by atoms with Crippen molar-refractivity contribution < 1.29 is 19.1 Å². The Morgan fingerprint density at radius 3 is 2.48 bits per heavy atom. The van der Waals surface area contributed by atoms with Gasteiger partial charge in [-0.1, -0.05) is 31.4 Å². The van der Waals surface area contributed by atoms with Gasteiger partial charge < -0.3 is 25.1 Å². The second kappa shape index (κ2) is 12.9. The van der Waals surface area contributed by atoms with Crippen molar-refractivity contribution in [1.29, 1.82) is 0 Å². The number of carbonyl (C=O) groups is 2. The van der Waals surface area contributed by atoms with Gasteiger partial charge >= 0.3 is 5.97 Å². The number of methoxy groups -OCH3 is 1. The lowest BCUT2D eigenvalue weighted by Gasteiger charge is -2.34. The van der Waals surface area contributed by atoms with Crippen molar-refractivity contribution in [3.63, 3.8) is 0 Å². The molecular weight excluding hydrogens is 504 g/mol. The van der Waals surface area contributed by atoms with Gasteiger partial charge in [-0.2, -0.15) is 0 Å². The summed E-state index contributed by atoms with van der Waals surface area (Å²) in [6, 6.07) is 8.11. The highest BCUT2D eigenvalue weighted by molar-refractivity contribution is 5.78. The van der Waals surface area contributed by atoms with Crippen LogP contribution in [0.15, 0.2) is 24.3 Å². The number of nitrogen functional groups attached to an aromatic ring is 1. The predicted molar refractivity (Wildman–Crippen MR) is 159 cm³/mol. The van der Waals surface area contributed by atoms with Crippen LogP contribution >= 0.6 is 0 Å². The molecule has 8 heteroatoms. The number of esters is 1. The number of rotatable bonds is 10. The van der Waals surface area contributed by atoms with Gasteiger partial charge in [0.1, 0.15) is 11.4 Å². The van der Waals surface area contributed by atoms with Gasteiger partial charge in [-0.3, -0.25) is 9.59 Å². The van der Waals surface area contributed by atoms with Gasteiger partial charge in [0.25, 0.3) is 0 Å². The topological polar surface area (TPSA) is 111 Å². The van der Waals surface area contributed by atoms with Crippen molar-refractivity contribution in [3.8, 4) is 5.75 Å². The van der Waals surface area contributed by atoms with E-state index in [1.165, 1.54) is 53.8 Å². The summed E-state index contributed by atoms with van der Waals surface area (Å²) in [5.74, 6) is 6.73. The average molecular weight is 551 g/mol. The second-order valence-corrected chi connectivity index (χ2v) is 11.4. The van der Waals surface area contributed by atoms with Crippen molar-refractivity contribution in [2.24, 2.45) is 11.8 Å². The van der Waals surface area contributed by atoms with E-state index in [2.05, 4.69) is 24.0 Å². The maximum absolute atomic E-state index is 13.0. The van der Waals surface area contributed by atoms with Crippen molar-refractivity contribution >= 4 is 23.3 Å². The van der Waals surface area contributed by atoms with Crippen LogP contribution in [0.25, 0.3) is 0 Å². The van der Waals surface area contributed by atoms with E-state index < -0.39 is 0 Å². The van der Waals surface area contributed by atoms with Gasteiger partial charge in [0.05, 0.1) is 31.9 Å². The minimum Gasteiger partial charge on any atom is -0.494 e.